The molecule has 0 aliphatic carbocycles. The first-order chi connectivity index (χ1) is 11.2. The fourth-order valence-corrected chi connectivity index (χ4v) is 3.56. The summed E-state index contributed by atoms with van der Waals surface area (Å²) >= 11 is 1.52. The molecule has 2 aromatic carbocycles. The minimum Gasteiger partial charge on any atom is -0.390 e. The first-order valence-corrected chi connectivity index (χ1v) is 8.47. The van der Waals surface area contributed by atoms with E-state index in [1.54, 1.807) is 0 Å². The summed E-state index contributed by atoms with van der Waals surface area (Å²) in [4.78, 5) is 16.8. The van der Waals surface area contributed by atoms with Crippen molar-refractivity contribution in [3.05, 3.63) is 66.2 Å². The van der Waals surface area contributed by atoms with Crippen LogP contribution in [0.4, 0.5) is 5.69 Å². The summed E-state index contributed by atoms with van der Waals surface area (Å²) in [6, 6.07) is 19.3. The Balaban J connectivity index is 1.64. The summed E-state index contributed by atoms with van der Waals surface area (Å²) in [5.41, 5.74) is 1.90. The van der Waals surface area contributed by atoms with Gasteiger partial charge in [-0.15, -0.1) is 11.8 Å². The van der Waals surface area contributed by atoms with Crippen LogP contribution < -0.4 is 5.32 Å². The monoisotopic (exact) mass is 326 g/mol. The maximum absolute atomic E-state index is 12.5. The molecular formula is C18H18N2O2S. The van der Waals surface area contributed by atoms with E-state index >= 15 is 0 Å². The second kappa shape index (κ2) is 7.44. The largest absolute Gasteiger partial charge is 0.390 e. The molecule has 0 fully saturated rings. The van der Waals surface area contributed by atoms with Crippen LogP contribution in [0.1, 0.15) is 5.56 Å². The highest BCUT2D eigenvalue weighted by Crippen LogP contribution is 2.27. The molecule has 0 radical (unpaired) electrons. The molecule has 5 heteroatoms. The number of benzene rings is 2. The second-order valence-electron chi connectivity index (χ2n) is 5.35. The van der Waals surface area contributed by atoms with Crippen LogP contribution in [0.5, 0.6) is 0 Å². The van der Waals surface area contributed by atoms with Crippen molar-refractivity contribution < 1.29 is 9.90 Å². The Morgan fingerprint density at radius 2 is 1.78 bits per heavy atom. The van der Waals surface area contributed by atoms with Gasteiger partial charge < -0.3 is 10.4 Å². The zero-order valence-electron chi connectivity index (χ0n) is 12.6. The van der Waals surface area contributed by atoms with E-state index in [0.29, 0.717) is 5.04 Å². The number of hydrogen-bond acceptors (Lipinski definition) is 4. The zero-order chi connectivity index (χ0) is 16.1. The third kappa shape index (κ3) is 4.00. The van der Waals surface area contributed by atoms with Crippen LogP contribution in [-0.2, 0) is 10.5 Å². The molecule has 0 saturated carbocycles. The molecule has 4 nitrogen and oxygen atoms in total. The standard InChI is InChI=1S/C18H18N2O2S/c21-15-11-19-18(23-12-13-7-3-1-4-8-13)16(15)17(22)20-14-9-5-2-6-10-14/h1-10,15-16,21H,11-12H2,(H,20,22). The minimum atomic E-state index is -0.753. The Kier molecular flexibility index (Phi) is 5.10. The fourth-order valence-electron chi connectivity index (χ4n) is 2.45. The summed E-state index contributed by atoms with van der Waals surface area (Å²) in [5, 5.41) is 13.7. The van der Waals surface area contributed by atoms with E-state index in [2.05, 4.69) is 10.3 Å². The van der Waals surface area contributed by atoms with Crippen molar-refractivity contribution in [3.63, 3.8) is 0 Å². The van der Waals surface area contributed by atoms with Gasteiger partial charge in [0.25, 0.3) is 0 Å². The van der Waals surface area contributed by atoms with Gasteiger partial charge in [-0.1, -0.05) is 48.5 Å². The topological polar surface area (TPSA) is 61.7 Å². The van der Waals surface area contributed by atoms with Gasteiger partial charge >= 0.3 is 0 Å². The number of anilines is 1. The molecule has 0 saturated heterocycles. The lowest BCUT2D eigenvalue weighted by atomic mass is 10.1. The summed E-state index contributed by atoms with van der Waals surface area (Å²) in [6.45, 7) is 0.282. The lowest BCUT2D eigenvalue weighted by molar-refractivity contribution is -0.120. The van der Waals surface area contributed by atoms with Crippen molar-refractivity contribution in [1.29, 1.82) is 0 Å². The van der Waals surface area contributed by atoms with Crippen LogP contribution in [0.3, 0.4) is 0 Å². The van der Waals surface area contributed by atoms with Gasteiger partial charge in [-0.05, 0) is 17.7 Å². The third-order valence-electron chi connectivity index (χ3n) is 3.64. The predicted molar refractivity (Wildman–Crippen MR) is 94.6 cm³/mol. The van der Waals surface area contributed by atoms with Crippen LogP contribution in [0, 0.1) is 5.92 Å². The molecule has 2 aromatic rings. The van der Waals surface area contributed by atoms with E-state index in [1.165, 1.54) is 17.3 Å². The number of aliphatic imine (C=N–C) groups is 1. The van der Waals surface area contributed by atoms with Crippen molar-refractivity contribution in [2.45, 2.75) is 11.9 Å². The van der Waals surface area contributed by atoms with Crippen molar-refractivity contribution in [2.75, 3.05) is 11.9 Å². The number of carbonyl (C=O) groups excluding carboxylic acids is 1. The van der Waals surface area contributed by atoms with E-state index in [9.17, 15) is 9.90 Å². The van der Waals surface area contributed by atoms with Crippen molar-refractivity contribution in [2.24, 2.45) is 10.9 Å². The van der Waals surface area contributed by atoms with Gasteiger partial charge in [0.05, 0.1) is 17.7 Å². The average Bonchev–Trinajstić information content (AvgIpc) is 2.95. The summed E-state index contributed by atoms with van der Waals surface area (Å²) in [6.07, 6.45) is -0.753. The predicted octanol–water partition coefficient (Wildman–Crippen LogP) is 2.95. The Bertz CT molecular complexity index is 689. The molecule has 23 heavy (non-hydrogen) atoms. The molecule has 1 heterocycles. The first-order valence-electron chi connectivity index (χ1n) is 7.49. The van der Waals surface area contributed by atoms with E-state index in [4.69, 9.17) is 0 Å². The van der Waals surface area contributed by atoms with Gasteiger partial charge in [0.1, 0.15) is 5.92 Å². The van der Waals surface area contributed by atoms with Gasteiger partial charge in [-0.25, -0.2) is 0 Å². The van der Waals surface area contributed by atoms with Crippen LogP contribution in [0.2, 0.25) is 0 Å². The second-order valence-corrected chi connectivity index (χ2v) is 6.35. The number of nitrogens with one attached hydrogen (secondary N) is 1. The number of nitrogens with zero attached hydrogens (tertiary/aromatic N) is 1. The minimum absolute atomic E-state index is 0.208. The Hall–Kier alpha value is -2.11. The maximum atomic E-state index is 12.5. The Morgan fingerprint density at radius 1 is 1.13 bits per heavy atom. The molecule has 0 spiro atoms. The Morgan fingerprint density at radius 3 is 2.48 bits per heavy atom. The van der Waals surface area contributed by atoms with Crippen molar-refractivity contribution in [1.82, 2.24) is 0 Å². The quantitative estimate of drug-likeness (QED) is 0.908. The highest BCUT2D eigenvalue weighted by Gasteiger charge is 2.36. The smallest absolute Gasteiger partial charge is 0.236 e. The van der Waals surface area contributed by atoms with Gasteiger partial charge in [0.15, 0.2) is 0 Å². The SMILES string of the molecule is O=C(Nc1ccccc1)C1C(SCc2ccccc2)=NCC1O. The first kappa shape index (κ1) is 15.8. The molecule has 3 rings (SSSR count). The van der Waals surface area contributed by atoms with Crippen molar-refractivity contribution in [3.8, 4) is 0 Å². The number of rotatable bonds is 4. The van der Waals surface area contributed by atoms with Gasteiger partial charge in [0.2, 0.25) is 5.91 Å². The maximum Gasteiger partial charge on any atom is 0.236 e. The number of aliphatic hydroxyl groups excluding tert-OH is 1. The average molecular weight is 326 g/mol. The third-order valence-corrected chi connectivity index (χ3v) is 4.79. The summed E-state index contributed by atoms with van der Waals surface area (Å²) in [5.74, 6) is -0.0638. The van der Waals surface area contributed by atoms with E-state index in [0.717, 1.165) is 11.4 Å². The molecule has 0 aromatic heterocycles. The number of amides is 1. The highest BCUT2D eigenvalue weighted by molar-refractivity contribution is 8.13. The van der Waals surface area contributed by atoms with Crippen LogP contribution >= 0.6 is 11.8 Å². The van der Waals surface area contributed by atoms with Gasteiger partial charge in [-0.3, -0.25) is 9.79 Å². The molecule has 2 N–H and O–H groups in total. The molecule has 1 aliphatic heterocycles. The molecular weight excluding hydrogens is 308 g/mol. The van der Waals surface area contributed by atoms with E-state index < -0.39 is 12.0 Å². The number of carbonyl (C=O) groups is 1. The molecule has 2 unspecified atom stereocenters. The molecule has 1 aliphatic rings. The van der Waals surface area contributed by atoms with Crippen LogP contribution in [0.15, 0.2) is 65.7 Å². The molecule has 2 atom stereocenters. The van der Waals surface area contributed by atoms with E-state index in [1.807, 2.05) is 60.7 Å². The molecule has 118 valence electrons. The lowest BCUT2D eigenvalue weighted by Crippen LogP contribution is -2.35. The van der Waals surface area contributed by atoms with E-state index in [-0.39, 0.29) is 12.5 Å². The van der Waals surface area contributed by atoms with Gasteiger partial charge in [-0.2, -0.15) is 0 Å². The summed E-state index contributed by atoms with van der Waals surface area (Å²) in [7, 11) is 0. The fraction of sp³-hybridized carbons (Fsp3) is 0.222. The molecule has 0 bridgehead atoms. The normalized spacial score (nSPS) is 20.1. The number of hydrogen-bond donors (Lipinski definition) is 2. The lowest BCUT2D eigenvalue weighted by Gasteiger charge is -2.16. The number of para-hydroxylation sites is 1. The van der Waals surface area contributed by atoms with Gasteiger partial charge in [0, 0.05) is 11.4 Å². The zero-order valence-corrected chi connectivity index (χ0v) is 13.4. The molecule has 1 amide bonds. The van der Waals surface area contributed by atoms with Crippen LogP contribution in [0.25, 0.3) is 0 Å². The number of thioether (sulfide) groups is 1. The number of aliphatic hydroxyl groups is 1. The van der Waals surface area contributed by atoms with Crippen molar-refractivity contribution >= 4 is 28.4 Å². The van der Waals surface area contributed by atoms with Crippen LogP contribution in [-0.4, -0.2) is 28.7 Å². The highest BCUT2D eigenvalue weighted by atomic mass is 32.2. The Labute approximate surface area is 139 Å². The summed E-state index contributed by atoms with van der Waals surface area (Å²) < 4.78 is 0.